The molecule has 2 aromatic rings. The number of hydrogen-bond donors (Lipinski definition) is 1. The maximum absolute atomic E-state index is 13.8. The Morgan fingerprint density at radius 3 is 3.00 bits per heavy atom. The predicted molar refractivity (Wildman–Crippen MR) is 83.5 cm³/mol. The summed E-state index contributed by atoms with van der Waals surface area (Å²) in [6, 6.07) is 6.59. The van der Waals surface area contributed by atoms with E-state index in [1.807, 2.05) is 11.0 Å². The summed E-state index contributed by atoms with van der Waals surface area (Å²) in [5.74, 6) is -0.245. The van der Waals surface area contributed by atoms with Crippen molar-refractivity contribution in [1.82, 2.24) is 15.1 Å². The largest absolute Gasteiger partial charge is 0.494 e. The van der Waals surface area contributed by atoms with Crippen molar-refractivity contribution >= 4 is 5.91 Å². The van der Waals surface area contributed by atoms with Gasteiger partial charge >= 0.3 is 0 Å². The summed E-state index contributed by atoms with van der Waals surface area (Å²) in [7, 11) is 1.42. The lowest BCUT2D eigenvalue weighted by Crippen LogP contribution is -2.39. The van der Waals surface area contributed by atoms with Gasteiger partial charge < -0.3 is 9.64 Å². The summed E-state index contributed by atoms with van der Waals surface area (Å²) in [6.07, 6.45) is 4.89. The molecule has 5 nitrogen and oxygen atoms in total. The van der Waals surface area contributed by atoms with Gasteiger partial charge in [-0.2, -0.15) is 5.10 Å². The van der Waals surface area contributed by atoms with Crippen molar-refractivity contribution in [3.8, 4) is 5.75 Å². The van der Waals surface area contributed by atoms with Gasteiger partial charge in [0.15, 0.2) is 11.6 Å². The lowest BCUT2D eigenvalue weighted by atomic mass is 9.98. The van der Waals surface area contributed by atoms with Gasteiger partial charge in [-0.1, -0.05) is 6.07 Å². The highest BCUT2D eigenvalue weighted by Crippen LogP contribution is 2.30. The third-order valence-corrected chi connectivity index (χ3v) is 4.28. The Bertz CT molecular complexity index is 672. The van der Waals surface area contributed by atoms with E-state index in [-0.39, 0.29) is 24.1 Å². The first kappa shape index (κ1) is 15.5. The summed E-state index contributed by atoms with van der Waals surface area (Å²) in [4.78, 5) is 14.6. The van der Waals surface area contributed by atoms with Crippen molar-refractivity contribution < 1.29 is 13.9 Å². The zero-order chi connectivity index (χ0) is 16.2. The van der Waals surface area contributed by atoms with Crippen LogP contribution in [0.2, 0.25) is 0 Å². The molecule has 1 aliphatic rings. The SMILES string of the molecule is COc1ccc(CC(=O)N2CCCC[C@@H]2c2ccn[nH]2)cc1F. The fourth-order valence-corrected chi connectivity index (χ4v) is 3.10. The molecule has 1 saturated heterocycles. The number of carbonyl (C=O) groups excluding carboxylic acids is 1. The van der Waals surface area contributed by atoms with Crippen LogP contribution in [0.15, 0.2) is 30.5 Å². The minimum Gasteiger partial charge on any atom is -0.494 e. The normalized spacial score (nSPS) is 18.0. The number of ether oxygens (including phenoxy) is 1. The molecule has 0 radical (unpaired) electrons. The Balaban J connectivity index is 1.74. The summed E-state index contributed by atoms with van der Waals surface area (Å²) in [6.45, 7) is 0.723. The first-order valence-corrected chi connectivity index (χ1v) is 7.80. The van der Waals surface area contributed by atoms with E-state index in [4.69, 9.17) is 4.74 Å². The molecular formula is C17H20FN3O2. The van der Waals surface area contributed by atoms with Gasteiger partial charge in [0, 0.05) is 12.7 Å². The van der Waals surface area contributed by atoms with Crippen LogP contribution in [-0.4, -0.2) is 34.7 Å². The number of halogens is 1. The van der Waals surface area contributed by atoms with Crippen LogP contribution >= 0.6 is 0 Å². The van der Waals surface area contributed by atoms with Crippen molar-refractivity contribution in [3.63, 3.8) is 0 Å². The number of piperidine rings is 1. The molecule has 0 aliphatic carbocycles. The number of carbonyl (C=O) groups is 1. The Kier molecular flexibility index (Phi) is 4.60. The summed E-state index contributed by atoms with van der Waals surface area (Å²) >= 11 is 0. The number of rotatable bonds is 4. The molecule has 1 N–H and O–H groups in total. The van der Waals surface area contributed by atoms with Crippen LogP contribution in [0.25, 0.3) is 0 Å². The van der Waals surface area contributed by atoms with E-state index in [0.717, 1.165) is 31.5 Å². The van der Waals surface area contributed by atoms with E-state index in [1.165, 1.54) is 13.2 Å². The monoisotopic (exact) mass is 317 g/mol. The molecule has 0 saturated carbocycles. The molecule has 122 valence electrons. The number of aromatic amines is 1. The zero-order valence-corrected chi connectivity index (χ0v) is 13.1. The minimum atomic E-state index is -0.443. The molecule has 1 aromatic carbocycles. The minimum absolute atomic E-state index is 0.00821. The number of amides is 1. The van der Waals surface area contributed by atoms with Gasteiger partial charge in [-0.05, 0) is 43.0 Å². The number of H-pyrrole nitrogens is 1. The van der Waals surface area contributed by atoms with Crippen molar-refractivity contribution in [2.75, 3.05) is 13.7 Å². The first-order valence-electron chi connectivity index (χ1n) is 7.80. The predicted octanol–water partition coefficient (Wildman–Crippen LogP) is 2.85. The maximum Gasteiger partial charge on any atom is 0.227 e. The molecule has 2 heterocycles. The number of likely N-dealkylation sites (tertiary alicyclic amines) is 1. The molecule has 1 atom stereocenters. The second kappa shape index (κ2) is 6.81. The number of hydrogen-bond acceptors (Lipinski definition) is 3. The van der Waals surface area contributed by atoms with E-state index in [2.05, 4.69) is 10.2 Å². The molecule has 1 fully saturated rings. The molecule has 0 unspecified atom stereocenters. The molecule has 1 aromatic heterocycles. The first-order chi connectivity index (χ1) is 11.2. The lowest BCUT2D eigenvalue weighted by Gasteiger charge is -2.35. The highest BCUT2D eigenvalue weighted by atomic mass is 19.1. The van der Waals surface area contributed by atoms with Gasteiger partial charge in [0.05, 0.1) is 25.3 Å². The zero-order valence-electron chi connectivity index (χ0n) is 13.1. The van der Waals surface area contributed by atoms with Gasteiger partial charge in [0.1, 0.15) is 0 Å². The van der Waals surface area contributed by atoms with E-state index in [1.54, 1.807) is 18.3 Å². The molecule has 0 bridgehead atoms. The summed E-state index contributed by atoms with van der Waals surface area (Å²) in [5.41, 5.74) is 1.61. The number of nitrogens with zero attached hydrogens (tertiary/aromatic N) is 2. The lowest BCUT2D eigenvalue weighted by molar-refractivity contribution is -0.134. The van der Waals surface area contributed by atoms with Gasteiger partial charge in [-0.15, -0.1) is 0 Å². The van der Waals surface area contributed by atoms with E-state index in [9.17, 15) is 9.18 Å². The van der Waals surface area contributed by atoms with Crippen molar-refractivity contribution in [1.29, 1.82) is 0 Å². The topological polar surface area (TPSA) is 58.2 Å². The van der Waals surface area contributed by atoms with Crippen molar-refractivity contribution in [2.45, 2.75) is 31.7 Å². The fourth-order valence-electron chi connectivity index (χ4n) is 3.10. The molecule has 23 heavy (non-hydrogen) atoms. The standard InChI is InChI=1S/C17H20FN3O2/c1-23-16-6-5-12(10-13(16)18)11-17(22)21-9-3-2-4-15(21)14-7-8-19-20-14/h5-8,10,15H,2-4,9,11H2,1H3,(H,19,20)/t15-/m1/s1. The van der Waals surface area contributed by atoms with Crippen LogP contribution in [0.5, 0.6) is 5.75 Å². The maximum atomic E-state index is 13.8. The van der Waals surface area contributed by atoms with Crippen molar-refractivity contribution in [2.24, 2.45) is 0 Å². The van der Waals surface area contributed by atoms with E-state index < -0.39 is 5.82 Å². The van der Waals surface area contributed by atoms with Crippen LogP contribution in [0.4, 0.5) is 4.39 Å². The third kappa shape index (κ3) is 3.36. The van der Waals surface area contributed by atoms with E-state index in [0.29, 0.717) is 5.56 Å². The molecule has 1 aliphatic heterocycles. The van der Waals surface area contributed by atoms with Crippen LogP contribution in [0.3, 0.4) is 0 Å². The average Bonchev–Trinajstić information content (AvgIpc) is 3.09. The number of aromatic nitrogens is 2. The molecule has 1 amide bonds. The fraction of sp³-hybridized carbons (Fsp3) is 0.412. The highest BCUT2D eigenvalue weighted by Gasteiger charge is 2.28. The van der Waals surface area contributed by atoms with E-state index >= 15 is 0 Å². The van der Waals surface area contributed by atoms with Crippen LogP contribution in [-0.2, 0) is 11.2 Å². The second-order valence-electron chi connectivity index (χ2n) is 5.76. The highest BCUT2D eigenvalue weighted by molar-refractivity contribution is 5.79. The van der Waals surface area contributed by atoms with Crippen molar-refractivity contribution in [3.05, 3.63) is 47.5 Å². The Labute approximate surface area is 134 Å². The van der Waals surface area contributed by atoms with Gasteiger partial charge in [-0.25, -0.2) is 4.39 Å². The van der Waals surface area contributed by atoms with Crippen LogP contribution in [0, 0.1) is 5.82 Å². The van der Waals surface area contributed by atoms with Gasteiger partial charge in [0.2, 0.25) is 5.91 Å². The summed E-state index contributed by atoms with van der Waals surface area (Å²) in [5, 5.41) is 6.94. The van der Waals surface area contributed by atoms with Gasteiger partial charge in [0.25, 0.3) is 0 Å². The molecule has 6 heteroatoms. The number of nitrogens with one attached hydrogen (secondary N) is 1. The Morgan fingerprint density at radius 1 is 1.43 bits per heavy atom. The van der Waals surface area contributed by atoms with Gasteiger partial charge in [-0.3, -0.25) is 9.89 Å². The quantitative estimate of drug-likeness (QED) is 0.943. The summed E-state index contributed by atoms with van der Waals surface area (Å²) < 4.78 is 18.7. The smallest absolute Gasteiger partial charge is 0.227 e. The number of benzene rings is 1. The molecule has 3 rings (SSSR count). The molecule has 0 spiro atoms. The Morgan fingerprint density at radius 2 is 2.30 bits per heavy atom. The Hall–Kier alpha value is -2.37. The average molecular weight is 317 g/mol. The second-order valence-corrected chi connectivity index (χ2v) is 5.76. The third-order valence-electron chi connectivity index (χ3n) is 4.28. The number of methoxy groups -OCH3 is 1. The molecular weight excluding hydrogens is 297 g/mol. The van der Waals surface area contributed by atoms with Crippen LogP contribution in [0.1, 0.15) is 36.6 Å². The van der Waals surface area contributed by atoms with Crippen LogP contribution < -0.4 is 4.74 Å².